The van der Waals surface area contributed by atoms with Gasteiger partial charge in [0.1, 0.15) is 0 Å². The van der Waals surface area contributed by atoms with Crippen molar-refractivity contribution in [2.75, 3.05) is 19.7 Å². The monoisotopic (exact) mass is 461 g/mol. The van der Waals surface area contributed by atoms with Crippen molar-refractivity contribution >= 4 is 23.0 Å². The van der Waals surface area contributed by atoms with E-state index in [9.17, 15) is 4.79 Å². The molecule has 4 heteroatoms. The summed E-state index contributed by atoms with van der Waals surface area (Å²) in [6, 6.07) is 0. The number of esters is 1. The van der Waals surface area contributed by atoms with E-state index in [4.69, 9.17) is 4.74 Å². The highest BCUT2D eigenvalue weighted by Crippen LogP contribution is 2.12. The molecule has 1 N–H and O–H groups in total. The summed E-state index contributed by atoms with van der Waals surface area (Å²) in [7, 11) is 0. The number of hydrogen-bond donors (Lipinski definition) is 1. The maximum Gasteiger partial charge on any atom is 0.319 e. The zero-order valence-electron chi connectivity index (χ0n) is 19.2. The van der Waals surface area contributed by atoms with Crippen molar-refractivity contribution in [3.05, 3.63) is 11.6 Å². The topological polar surface area (TPSA) is 38.3 Å². The van der Waals surface area contributed by atoms with Crippen molar-refractivity contribution in [1.82, 2.24) is 5.32 Å². The van der Waals surface area contributed by atoms with Crippen LogP contribution in [0.5, 0.6) is 0 Å². The molecule has 0 spiro atoms. The molecule has 0 rings (SSSR count). The molecule has 0 fully saturated rings. The lowest BCUT2D eigenvalue weighted by Crippen LogP contribution is -2.26. The summed E-state index contributed by atoms with van der Waals surface area (Å²) in [6.45, 7) is 10.6. The Morgan fingerprint density at radius 2 is 1.50 bits per heavy atom. The van der Waals surface area contributed by atoms with E-state index in [2.05, 4.69) is 39.1 Å². The normalized spacial score (nSPS) is 11.6. The van der Waals surface area contributed by atoms with Crippen LogP contribution in [-0.2, 0) is 9.53 Å². The second-order valence-corrected chi connectivity index (χ2v) is 8.33. The molecule has 1 atom stereocenters. The van der Waals surface area contributed by atoms with Crippen LogP contribution in [0.3, 0.4) is 0 Å². The summed E-state index contributed by atoms with van der Waals surface area (Å²) >= 11 is 0. The lowest BCUT2D eigenvalue weighted by atomic mass is 10.0. The Hall–Kier alpha value is -0.350. The van der Waals surface area contributed by atoms with Crippen LogP contribution in [0.4, 0.5) is 0 Å². The van der Waals surface area contributed by atoms with Crippen LogP contribution in [0, 0.1) is 5.92 Å². The predicted molar refractivity (Wildman–Crippen MR) is 128 cm³/mol. The van der Waals surface area contributed by atoms with Gasteiger partial charge in [-0.2, -0.15) is 0 Å². The Labute approximate surface area is 186 Å². The lowest BCUT2D eigenvalue weighted by Gasteiger charge is -2.11. The van der Waals surface area contributed by atoms with Gasteiger partial charge in [0.15, 0.2) is 0 Å². The van der Waals surface area contributed by atoms with Crippen molar-refractivity contribution in [2.45, 2.75) is 111 Å². The third-order valence-electron chi connectivity index (χ3n) is 5.06. The van der Waals surface area contributed by atoms with E-state index in [1.165, 1.54) is 69.8 Å². The number of halogens is 1. The van der Waals surface area contributed by atoms with Crippen LogP contribution in [-0.4, -0.2) is 25.7 Å². The van der Waals surface area contributed by atoms with Gasteiger partial charge in [0.2, 0.25) is 0 Å². The molecule has 3 nitrogen and oxygen atoms in total. The van der Waals surface area contributed by atoms with E-state index in [0.717, 1.165) is 25.8 Å². The largest absolute Gasteiger partial charge is 0.465 e. The molecular formula is C24H48BrNO2. The third-order valence-corrected chi connectivity index (χ3v) is 5.06. The van der Waals surface area contributed by atoms with E-state index in [0.29, 0.717) is 19.1 Å². The van der Waals surface area contributed by atoms with Crippen LogP contribution in [0.15, 0.2) is 11.6 Å². The van der Waals surface area contributed by atoms with E-state index in [-0.39, 0.29) is 23.0 Å². The highest BCUT2D eigenvalue weighted by atomic mass is 79.9. The van der Waals surface area contributed by atoms with Crippen molar-refractivity contribution < 1.29 is 9.53 Å². The number of unbranched alkanes of at least 4 members (excludes halogenated alkanes) is 9. The molecule has 0 radical (unpaired) electrons. The minimum atomic E-state index is -0.112. The van der Waals surface area contributed by atoms with E-state index in [1.54, 1.807) is 0 Å². The first kappa shape index (κ1) is 29.8. The Bertz CT molecular complexity index is 368. The molecule has 0 heterocycles. The highest BCUT2D eigenvalue weighted by molar-refractivity contribution is 8.93. The van der Waals surface area contributed by atoms with Gasteiger partial charge in [-0.05, 0) is 52.0 Å². The average molecular weight is 463 g/mol. The van der Waals surface area contributed by atoms with Crippen molar-refractivity contribution in [3.63, 3.8) is 0 Å². The molecule has 28 heavy (non-hydrogen) atoms. The molecule has 0 amide bonds. The van der Waals surface area contributed by atoms with Crippen molar-refractivity contribution in [3.8, 4) is 0 Å². The molecule has 168 valence electrons. The smallest absolute Gasteiger partial charge is 0.319 e. The molecule has 0 saturated heterocycles. The summed E-state index contributed by atoms with van der Waals surface area (Å²) in [5.74, 6) is 0.492. The lowest BCUT2D eigenvalue weighted by molar-refractivity contribution is -0.142. The Balaban J connectivity index is 0. The number of allylic oxidation sites excluding steroid dienone is 2. The molecule has 0 bridgehead atoms. The van der Waals surface area contributed by atoms with Gasteiger partial charge in [0.05, 0.1) is 13.2 Å². The summed E-state index contributed by atoms with van der Waals surface area (Å²) in [6.07, 6.45) is 19.0. The Morgan fingerprint density at radius 1 is 0.929 bits per heavy atom. The molecule has 1 unspecified atom stereocenters. The second kappa shape index (κ2) is 22.9. The minimum absolute atomic E-state index is 0. The van der Waals surface area contributed by atoms with Gasteiger partial charge in [-0.1, -0.05) is 83.3 Å². The first-order valence-corrected chi connectivity index (χ1v) is 11.6. The maximum atomic E-state index is 11.7. The maximum absolute atomic E-state index is 11.7. The molecule has 0 aromatic heterocycles. The zero-order chi connectivity index (χ0) is 20.2. The van der Waals surface area contributed by atoms with Gasteiger partial charge in [-0.3, -0.25) is 4.79 Å². The van der Waals surface area contributed by atoms with Gasteiger partial charge in [0, 0.05) is 0 Å². The van der Waals surface area contributed by atoms with Gasteiger partial charge >= 0.3 is 5.97 Å². The molecule has 0 aliphatic rings. The van der Waals surface area contributed by atoms with Crippen LogP contribution in [0.2, 0.25) is 0 Å². The van der Waals surface area contributed by atoms with E-state index >= 15 is 0 Å². The molecule has 0 aromatic rings. The number of ether oxygens (including phenoxy) is 1. The van der Waals surface area contributed by atoms with E-state index in [1.807, 2.05) is 0 Å². The quantitative estimate of drug-likeness (QED) is 0.124. The minimum Gasteiger partial charge on any atom is -0.465 e. The fraction of sp³-hybridized carbons (Fsp3) is 0.875. The van der Waals surface area contributed by atoms with Gasteiger partial charge < -0.3 is 10.1 Å². The second-order valence-electron chi connectivity index (χ2n) is 8.33. The fourth-order valence-corrected chi connectivity index (χ4v) is 3.15. The van der Waals surface area contributed by atoms with Crippen molar-refractivity contribution in [2.24, 2.45) is 5.92 Å². The van der Waals surface area contributed by atoms with Crippen molar-refractivity contribution in [1.29, 1.82) is 0 Å². The summed E-state index contributed by atoms with van der Waals surface area (Å²) in [4.78, 5) is 11.7. The van der Waals surface area contributed by atoms with Gasteiger partial charge in [0.25, 0.3) is 0 Å². The number of rotatable bonds is 19. The molecule has 0 aromatic carbocycles. The molecule has 0 aliphatic carbocycles. The number of nitrogens with one attached hydrogen (secondary N) is 1. The standard InChI is InChI=1S/C24H47NO2.BrH/c1-5-6-7-8-9-10-11-12-13-14-19-25-21-24(26)27-20-18-23(4)17-15-16-22(2)3;/h16,23,25H,5-15,17-21H2,1-4H3;1H. The summed E-state index contributed by atoms with van der Waals surface area (Å²) in [5, 5.41) is 3.21. The predicted octanol–water partition coefficient (Wildman–Crippen LogP) is 7.39. The van der Waals surface area contributed by atoms with Crippen LogP contribution >= 0.6 is 17.0 Å². The fourth-order valence-electron chi connectivity index (χ4n) is 3.15. The van der Waals surface area contributed by atoms with Gasteiger partial charge in [-0.25, -0.2) is 0 Å². The first-order chi connectivity index (χ1) is 13.1. The molecule has 0 aliphatic heterocycles. The SMILES string of the molecule is Br.CCCCCCCCCCCCNCC(=O)OCCC(C)CCC=C(C)C. The van der Waals surface area contributed by atoms with E-state index < -0.39 is 0 Å². The summed E-state index contributed by atoms with van der Waals surface area (Å²) in [5.41, 5.74) is 1.38. The highest BCUT2D eigenvalue weighted by Gasteiger charge is 2.05. The third kappa shape index (κ3) is 23.7. The molecular weight excluding hydrogens is 414 g/mol. The van der Waals surface area contributed by atoms with Crippen LogP contribution < -0.4 is 5.32 Å². The van der Waals surface area contributed by atoms with Gasteiger partial charge in [-0.15, -0.1) is 17.0 Å². The van der Waals surface area contributed by atoms with Crippen LogP contribution in [0.25, 0.3) is 0 Å². The number of carbonyl (C=O) groups is 1. The average Bonchev–Trinajstić information content (AvgIpc) is 2.62. The Kier molecular flexibility index (Phi) is 24.4. The zero-order valence-corrected chi connectivity index (χ0v) is 20.9. The number of carbonyl (C=O) groups excluding carboxylic acids is 1. The molecule has 0 saturated carbocycles. The van der Waals surface area contributed by atoms with Crippen LogP contribution in [0.1, 0.15) is 111 Å². The first-order valence-electron chi connectivity index (χ1n) is 11.6. The Morgan fingerprint density at radius 3 is 2.07 bits per heavy atom. The summed E-state index contributed by atoms with van der Waals surface area (Å²) < 4.78 is 5.32. The number of hydrogen-bond acceptors (Lipinski definition) is 3.